The number of nitrogens with zero attached hydrogens (tertiary/aromatic N) is 3. The van der Waals surface area contributed by atoms with E-state index in [4.69, 9.17) is 4.74 Å². The summed E-state index contributed by atoms with van der Waals surface area (Å²) in [5.74, 6) is 1.88. The van der Waals surface area contributed by atoms with E-state index in [0.29, 0.717) is 18.0 Å². The van der Waals surface area contributed by atoms with Gasteiger partial charge < -0.3 is 15.0 Å². The Morgan fingerprint density at radius 2 is 1.96 bits per heavy atom. The van der Waals surface area contributed by atoms with Gasteiger partial charge in [-0.3, -0.25) is 9.98 Å². The van der Waals surface area contributed by atoms with Gasteiger partial charge in [0.05, 0.1) is 12.2 Å². The predicted molar refractivity (Wildman–Crippen MR) is 91.7 cm³/mol. The smallest absolute Gasteiger partial charge is 0.193 e. The number of guanidine groups is 1. The maximum Gasteiger partial charge on any atom is 0.193 e. The Bertz CT molecular complexity index is 696. The monoisotopic (exact) mass is 328 g/mol. The molecule has 0 aliphatic carbocycles. The van der Waals surface area contributed by atoms with E-state index in [1.165, 1.54) is 25.0 Å². The van der Waals surface area contributed by atoms with Crippen molar-refractivity contribution in [3.05, 3.63) is 54.1 Å². The van der Waals surface area contributed by atoms with Crippen molar-refractivity contribution in [2.75, 3.05) is 20.1 Å². The summed E-state index contributed by atoms with van der Waals surface area (Å²) in [6, 6.07) is 9.60. The molecule has 0 atom stereocenters. The summed E-state index contributed by atoms with van der Waals surface area (Å²) in [4.78, 5) is 10.9. The molecule has 1 fully saturated rings. The van der Waals surface area contributed by atoms with E-state index < -0.39 is 0 Å². The SMILES string of the molecule is CN=C(NCc1cc(Oc2ccc(F)cc2)ccn1)N1CCCC1. The molecule has 0 radical (unpaired) electrons. The van der Waals surface area contributed by atoms with Crippen molar-refractivity contribution in [1.29, 1.82) is 0 Å². The molecule has 0 unspecified atom stereocenters. The van der Waals surface area contributed by atoms with E-state index in [9.17, 15) is 4.39 Å². The Morgan fingerprint density at radius 3 is 2.67 bits per heavy atom. The molecule has 2 heterocycles. The molecule has 24 heavy (non-hydrogen) atoms. The molecule has 1 saturated heterocycles. The zero-order valence-electron chi connectivity index (χ0n) is 13.7. The van der Waals surface area contributed by atoms with E-state index in [-0.39, 0.29) is 5.82 Å². The van der Waals surface area contributed by atoms with Gasteiger partial charge in [0.15, 0.2) is 5.96 Å². The van der Waals surface area contributed by atoms with Crippen molar-refractivity contribution in [3.8, 4) is 11.5 Å². The molecule has 0 amide bonds. The first-order valence-electron chi connectivity index (χ1n) is 8.08. The lowest BCUT2D eigenvalue weighted by Gasteiger charge is -2.20. The minimum Gasteiger partial charge on any atom is -0.457 e. The molecule has 0 bridgehead atoms. The third-order valence-electron chi connectivity index (χ3n) is 3.88. The molecule has 126 valence electrons. The second-order valence-corrected chi connectivity index (χ2v) is 5.63. The fourth-order valence-corrected chi connectivity index (χ4v) is 2.69. The highest BCUT2D eigenvalue weighted by atomic mass is 19.1. The third kappa shape index (κ3) is 4.22. The predicted octanol–water partition coefficient (Wildman–Crippen LogP) is 3.18. The lowest BCUT2D eigenvalue weighted by Crippen LogP contribution is -2.39. The van der Waals surface area contributed by atoms with Crippen molar-refractivity contribution < 1.29 is 9.13 Å². The molecular weight excluding hydrogens is 307 g/mol. The van der Waals surface area contributed by atoms with Gasteiger partial charge in [-0.05, 0) is 43.2 Å². The van der Waals surface area contributed by atoms with Gasteiger partial charge in [0.2, 0.25) is 0 Å². The van der Waals surface area contributed by atoms with Crippen LogP contribution in [0.1, 0.15) is 18.5 Å². The van der Waals surface area contributed by atoms with Crippen molar-refractivity contribution in [2.45, 2.75) is 19.4 Å². The van der Waals surface area contributed by atoms with Crippen LogP contribution in [0.25, 0.3) is 0 Å². The van der Waals surface area contributed by atoms with Crippen molar-refractivity contribution >= 4 is 5.96 Å². The number of hydrogen-bond donors (Lipinski definition) is 1. The normalized spacial score (nSPS) is 14.8. The Hall–Kier alpha value is -2.63. The molecule has 0 spiro atoms. The number of aromatic nitrogens is 1. The van der Waals surface area contributed by atoms with Crippen LogP contribution in [0.4, 0.5) is 4.39 Å². The van der Waals surface area contributed by atoms with Crippen molar-refractivity contribution in [1.82, 2.24) is 15.2 Å². The van der Waals surface area contributed by atoms with E-state index >= 15 is 0 Å². The van der Waals surface area contributed by atoms with E-state index in [1.807, 2.05) is 6.07 Å². The quantitative estimate of drug-likeness (QED) is 0.692. The van der Waals surface area contributed by atoms with Crippen molar-refractivity contribution in [2.24, 2.45) is 4.99 Å². The second-order valence-electron chi connectivity index (χ2n) is 5.63. The maximum atomic E-state index is 12.9. The Balaban J connectivity index is 1.61. The molecule has 1 aliphatic rings. The average molecular weight is 328 g/mol. The zero-order chi connectivity index (χ0) is 16.8. The number of rotatable bonds is 4. The van der Waals surface area contributed by atoms with Crippen LogP contribution in [0.5, 0.6) is 11.5 Å². The van der Waals surface area contributed by atoms with E-state index in [1.54, 1.807) is 31.4 Å². The summed E-state index contributed by atoms with van der Waals surface area (Å²) >= 11 is 0. The first-order chi connectivity index (χ1) is 11.7. The standard InChI is InChI=1S/C18H21FN4O/c1-20-18(23-10-2-3-11-23)22-13-15-12-17(8-9-21-15)24-16-6-4-14(19)5-7-16/h4-9,12H,2-3,10-11,13H2,1H3,(H,20,22). The molecule has 3 rings (SSSR count). The minimum absolute atomic E-state index is 0.282. The molecule has 1 N–H and O–H groups in total. The van der Waals surface area contributed by atoms with Crippen molar-refractivity contribution in [3.63, 3.8) is 0 Å². The summed E-state index contributed by atoms with van der Waals surface area (Å²) in [5, 5.41) is 3.33. The molecule has 2 aromatic rings. The number of likely N-dealkylation sites (tertiary alicyclic amines) is 1. The van der Waals surface area contributed by atoms with Crippen LogP contribution in [0, 0.1) is 5.82 Å². The van der Waals surface area contributed by atoms with Gasteiger partial charge in [-0.15, -0.1) is 0 Å². The molecule has 5 nitrogen and oxygen atoms in total. The first kappa shape index (κ1) is 16.2. The third-order valence-corrected chi connectivity index (χ3v) is 3.88. The highest BCUT2D eigenvalue weighted by Crippen LogP contribution is 2.21. The van der Waals surface area contributed by atoms with Gasteiger partial charge in [-0.1, -0.05) is 0 Å². The molecular formula is C18H21FN4O. The number of benzene rings is 1. The lowest BCUT2D eigenvalue weighted by atomic mass is 10.3. The topological polar surface area (TPSA) is 49.8 Å². The summed E-state index contributed by atoms with van der Waals surface area (Å²) in [6.45, 7) is 2.66. The van der Waals surface area contributed by atoms with Gasteiger partial charge >= 0.3 is 0 Å². The fraction of sp³-hybridized carbons (Fsp3) is 0.333. The molecule has 1 aromatic heterocycles. The van der Waals surface area contributed by atoms with E-state index in [0.717, 1.165) is 24.7 Å². The number of ether oxygens (including phenoxy) is 1. The lowest BCUT2D eigenvalue weighted by molar-refractivity contribution is 0.477. The summed E-state index contributed by atoms with van der Waals surface area (Å²) in [5.41, 5.74) is 0.856. The molecule has 1 aliphatic heterocycles. The zero-order valence-corrected chi connectivity index (χ0v) is 13.7. The Kier molecular flexibility index (Phi) is 5.25. The molecule has 0 saturated carbocycles. The summed E-state index contributed by atoms with van der Waals surface area (Å²) < 4.78 is 18.7. The fourth-order valence-electron chi connectivity index (χ4n) is 2.69. The van der Waals surface area contributed by atoms with Crippen LogP contribution >= 0.6 is 0 Å². The highest BCUT2D eigenvalue weighted by Gasteiger charge is 2.15. The summed E-state index contributed by atoms with van der Waals surface area (Å²) in [6.07, 6.45) is 4.12. The van der Waals surface area contributed by atoms with Crippen LogP contribution in [0.2, 0.25) is 0 Å². The highest BCUT2D eigenvalue weighted by molar-refractivity contribution is 5.80. The van der Waals surface area contributed by atoms with Gasteiger partial charge in [0, 0.05) is 32.4 Å². The van der Waals surface area contributed by atoms with Crippen LogP contribution < -0.4 is 10.1 Å². The number of nitrogens with one attached hydrogen (secondary N) is 1. The maximum absolute atomic E-state index is 12.9. The number of hydrogen-bond acceptors (Lipinski definition) is 3. The van der Waals surface area contributed by atoms with E-state index in [2.05, 4.69) is 20.2 Å². The van der Waals surface area contributed by atoms with Gasteiger partial charge in [0.25, 0.3) is 0 Å². The number of halogens is 1. The average Bonchev–Trinajstić information content (AvgIpc) is 3.12. The molecule has 1 aromatic carbocycles. The van der Waals surface area contributed by atoms with Gasteiger partial charge in [-0.2, -0.15) is 0 Å². The van der Waals surface area contributed by atoms with Gasteiger partial charge in [0.1, 0.15) is 17.3 Å². The molecule has 6 heteroatoms. The Morgan fingerprint density at radius 1 is 1.21 bits per heavy atom. The number of pyridine rings is 1. The van der Waals surface area contributed by atoms with Gasteiger partial charge in [-0.25, -0.2) is 4.39 Å². The Labute approximate surface area is 141 Å². The first-order valence-corrected chi connectivity index (χ1v) is 8.08. The van der Waals surface area contributed by atoms with Crippen LogP contribution in [0.3, 0.4) is 0 Å². The number of aliphatic imine (C=N–C) groups is 1. The van der Waals surface area contributed by atoms with Crippen LogP contribution in [0.15, 0.2) is 47.6 Å². The minimum atomic E-state index is -0.282. The second kappa shape index (κ2) is 7.77. The summed E-state index contributed by atoms with van der Waals surface area (Å²) in [7, 11) is 1.79. The largest absolute Gasteiger partial charge is 0.457 e. The van der Waals surface area contributed by atoms with Crippen LogP contribution in [-0.4, -0.2) is 36.0 Å². The van der Waals surface area contributed by atoms with Crippen LogP contribution in [-0.2, 0) is 6.54 Å².